The number of nitrogens with one attached hydrogen (secondary N) is 1. The van der Waals surface area contributed by atoms with Crippen LogP contribution >= 0.6 is 0 Å². The van der Waals surface area contributed by atoms with Crippen LogP contribution < -0.4 is 5.32 Å². The molecule has 4 heteroatoms. The standard InChI is InChI=1S/C11H15NO3/c1-4-9(7-12-8(3)13)6-10(5-2)11(14)15/h4-6H,2,7H2,1,3H3,(H,12,13)(H,14,15)/b9-4+,10-6+. The fraction of sp³-hybridized carbons (Fsp3) is 0.273. The van der Waals surface area contributed by atoms with Crippen LogP contribution in [0, 0.1) is 0 Å². The predicted molar refractivity (Wildman–Crippen MR) is 58.4 cm³/mol. The second-order valence-electron chi connectivity index (χ2n) is 2.88. The number of allylic oxidation sites excluding steroid dienone is 1. The maximum atomic E-state index is 10.7. The molecule has 82 valence electrons. The Bertz CT molecular complexity index is 327. The first-order chi connectivity index (χ1) is 7.01. The highest BCUT2D eigenvalue weighted by Gasteiger charge is 2.03. The second-order valence-corrected chi connectivity index (χ2v) is 2.88. The monoisotopic (exact) mass is 209 g/mol. The molecule has 0 unspecified atom stereocenters. The van der Waals surface area contributed by atoms with Gasteiger partial charge in [0, 0.05) is 13.5 Å². The van der Waals surface area contributed by atoms with E-state index in [2.05, 4.69) is 11.9 Å². The molecule has 4 nitrogen and oxygen atoms in total. The molecule has 0 saturated heterocycles. The fourth-order valence-electron chi connectivity index (χ4n) is 0.871. The van der Waals surface area contributed by atoms with Gasteiger partial charge in [-0.25, -0.2) is 4.79 Å². The summed E-state index contributed by atoms with van der Waals surface area (Å²) in [6.07, 6.45) is 4.48. The molecule has 0 aromatic heterocycles. The summed E-state index contributed by atoms with van der Waals surface area (Å²) >= 11 is 0. The third kappa shape index (κ3) is 5.46. The van der Waals surface area contributed by atoms with Crippen LogP contribution in [0.2, 0.25) is 0 Å². The predicted octanol–water partition coefficient (Wildman–Crippen LogP) is 1.27. The quantitative estimate of drug-likeness (QED) is 0.529. The Morgan fingerprint density at radius 1 is 1.47 bits per heavy atom. The van der Waals surface area contributed by atoms with Crippen LogP contribution in [0.3, 0.4) is 0 Å². The molecule has 0 bridgehead atoms. The molecule has 15 heavy (non-hydrogen) atoms. The molecule has 0 aliphatic heterocycles. The van der Waals surface area contributed by atoms with Gasteiger partial charge in [-0.15, -0.1) is 0 Å². The lowest BCUT2D eigenvalue weighted by Gasteiger charge is -2.03. The summed E-state index contributed by atoms with van der Waals surface area (Å²) in [5.41, 5.74) is 0.830. The highest BCUT2D eigenvalue weighted by molar-refractivity contribution is 5.90. The lowest BCUT2D eigenvalue weighted by molar-refractivity contribution is -0.132. The third-order valence-corrected chi connectivity index (χ3v) is 1.72. The molecule has 0 spiro atoms. The van der Waals surface area contributed by atoms with E-state index in [4.69, 9.17) is 5.11 Å². The van der Waals surface area contributed by atoms with Gasteiger partial charge in [-0.3, -0.25) is 4.79 Å². The molecular weight excluding hydrogens is 194 g/mol. The molecule has 0 atom stereocenters. The van der Waals surface area contributed by atoms with Crippen molar-refractivity contribution in [2.45, 2.75) is 13.8 Å². The number of aliphatic carboxylic acids is 1. The number of rotatable bonds is 5. The van der Waals surface area contributed by atoms with E-state index in [1.165, 1.54) is 19.1 Å². The van der Waals surface area contributed by atoms with Crippen LogP contribution in [0.1, 0.15) is 13.8 Å². The highest BCUT2D eigenvalue weighted by Crippen LogP contribution is 2.03. The van der Waals surface area contributed by atoms with Crippen molar-refractivity contribution in [3.63, 3.8) is 0 Å². The first-order valence-electron chi connectivity index (χ1n) is 4.48. The summed E-state index contributed by atoms with van der Waals surface area (Å²) in [5, 5.41) is 11.3. The minimum absolute atomic E-state index is 0.105. The second kappa shape index (κ2) is 6.59. The van der Waals surface area contributed by atoms with Crippen molar-refractivity contribution >= 4 is 11.9 Å². The van der Waals surface area contributed by atoms with E-state index in [1.807, 2.05) is 0 Å². The van der Waals surface area contributed by atoms with E-state index in [1.54, 1.807) is 13.0 Å². The smallest absolute Gasteiger partial charge is 0.335 e. The number of carboxylic acids is 1. The maximum absolute atomic E-state index is 10.7. The number of carboxylic acid groups (broad SMARTS) is 1. The van der Waals surface area contributed by atoms with Gasteiger partial charge >= 0.3 is 5.97 Å². The van der Waals surface area contributed by atoms with Gasteiger partial charge in [-0.05, 0) is 18.6 Å². The van der Waals surface area contributed by atoms with E-state index in [0.29, 0.717) is 6.54 Å². The molecule has 0 heterocycles. The van der Waals surface area contributed by atoms with Crippen LogP contribution in [0.25, 0.3) is 0 Å². The van der Waals surface area contributed by atoms with Crippen molar-refractivity contribution in [3.05, 3.63) is 36.0 Å². The van der Waals surface area contributed by atoms with Gasteiger partial charge in [0.05, 0.1) is 5.57 Å². The zero-order valence-electron chi connectivity index (χ0n) is 8.91. The minimum atomic E-state index is -1.04. The van der Waals surface area contributed by atoms with Gasteiger partial charge in [0.15, 0.2) is 0 Å². The van der Waals surface area contributed by atoms with Crippen molar-refractivity contribution in [2.24, 2.45) is 0 Å². The Kier molecular flexibility index (Phi) is 5.78. The number of carbonyl (C=O) groups is 2. The van der Waals surface area contributed by atoms with Gasteiger partial charge in [-0.1, -0.05) is 18.7 Å². The summed E-state index contributed by atoms with van der Waals surface area (Å²) in [4.78, 5) is 21.3. The van der Waals surface area contributed by atoms with Crippen LogP contribution in [-0.2, 0) is 9.59 Å². The Morgan fingerprint density at radius 2 is 2.07 bits per heavy atom. The van der Waals surface area contributed by atoms with Gasteiger partial charge < -0.3 is 10.4 Å². The molecule has 0 aromatic rings. The minimum Gasteiger partial charge on any atom is -0.478 e. The van der Waals surface area contributed by atoms with Crippen molar-refractivity contribution in [3.8, 4) is 0 Å². The van der Waals surface area contributed by atoms with E-state index in [0.717, 1.165) is 5.57 Å². The fourth-order valence-corrected chi connectivity index (χ4v) is 0.871. The van der Waals surface area contributed by atoms with E-state index in [9.17, 15) is 9.59 Å². The number of hydrogen-bond donors (Lipinski definition) is 2. The van der Waals surface area contributed by atoms with E-state index < -0.39 is 5.97 Å². The molecule has 0 fully saturated rings. The Labute approximate surface area is 89.0 Å². The van der Waals surface area contributed by atoms with E-state index >= 15 is 0 Å². The van der Waals surface area contributed by atoms with Crippen LogP contribution in [0.5, 0.6) is 0 Å². The van der Waals surface area contributed by atoms with Crippen molar-refractivity contribution in [1.82, 2.24) is 5.32 Å². The zero-order chi connectivity index (χ0) is 11.8. The van der Waals surface area contributed by atoms with Crippen molar-refractivity contribution in [1.29, 1.82) is 0 Å². The van der Waals surface area contributed by atoms with Gasteiger partial charge in [0.2, 0.25) is 5.91 Å². The molecule has 0 aromatic carbocycles. The number of amides is 1. The van der Waals surface area contributed by atoms with Crippen LogP contribution in [0.15, 0.2) is 36.0 Å². The highest BCUT2D eigenvalue weighted by atomic mass is 16.4. The third-order valence-electron chi connectivity index (χ3n) is 1.72. The first-order valence-corrected chi connectivity index (χ1v) is 4.48. The lowest BCUT2D eigenvalue weighted by atomic mass is 10.1. The molecule has 0 aliphatic carbocycles. The Balaban J connectivity index is 4.63. The largest absolute Gasteiger partial charge is 0.478 e. The number of carbonyl (C=O) groups excluding carboxylic acids is 1. The van der Waals surface area contributed by atoms with E-state index in [-0.39, 0.29) is 11.5 Å². The molecule has 0 saturated carbocycles. The number of hydrogen-bond acceptors (Lipinski definition) is 2. The maximum Gasteiger partial charge on any atom is 0.335 e. The molecule has 0 radical (unpaired) electrons. The zero-order valence-corrected chi connectivity index (χ0v) is 8.91. The molecular formula is C11H15NO3. The molecule has 0 rings (SSSR count). The van der Waals surface area contributed by atoms with Gasteiger partial charge in [0.25, 0.3) is 0 Å². The van der Waals surface area contributed by atoms with Crippen LogP contribution in [-0.4, -0.2) is 23.5 Å². The van der Waals surface area contributed by atoms with Crippen LogP contribution in [0.4, 0.5) is 0 Å². The average molecular weight is 209 g/mol. The normalized spacial score (nSPS) is 12.1. The Hall–Kier alpha value is -1.84. The molecule has 0 aliphatic rings. The average Bonchev–Trinajstić information content (AvgIpc) is 2.17. The summed E-state index contributed by atoms with van der Waals surface area (Å²) in [6.45, 7) is 6.90. The van der Waals surface area contributed by atoms with Gasteiger partial charge in [0.1, 0.15) is 0 Å². The first kappa shape index (κ1) is 13.2. The lowest BCUT2D eigenvalue weighted by Crippen LogP contribution is -2.22. The topological polar surface area (TPSA) is 66.4 Å². The summed E-state index contributed by atoms with van der Waals surface area (Å²) in [6, 6.07) is 0. The SMILES string of the molecule is C=C/C(=C\C(=C/C)CNC(C)=O)C(=O)O. The summed E-state index contributed by atoms with van der Waals surface area (Å²) in [5.74, 6) is -1.19. The summed E-state index contributed by atoms with van der Waals surface area (Å²) in [7, 11) is 0. The van der Waals surface area contributed by atoms with Crippen molar-refractivity contribution in [2.75, 3.05) is 6.54 Å². The molecule has 1 amide bonds. The molecule has 2 N–H and O–H groups in total. The Morgan fingerprint density at radius 3 is 2.40 bits per heavy atom. The van der Waals surface area contributed by atoms with Crippen molar-refractivity contribution < 1.29 is 14.7 Å². The summed E-state index contributed by atoms with van der Waals surface area (Å²) < 4.78 is 0. The van der Waals surface area contributed by atoms with Gasteiger partial charge in [-0.2, -0.15) is 0 Å².